The Labute approximate surface area is 130 Å². The first-order valence-electron chi connectivity index (χ1n) is 8.40. The molecule has 2 bridgehead atoms. The van der Waals surface area contributed by atoms with Crippen LogP contribution < -0.4 is 0 Å². The van der Waals surface area contributed by atoms with Gasteiger partial charge in [0.2, 0.25) is 0 Å². The first-order chi connectivity index (χ1) is 10.7. The van der Waals surface area contributed by atoms with Gasteiger partial charge in [-0.25, -0.2) is 4.89 Å². The van der Waals surface area contributed by atoms with Crippen LogP contribution in [0, 0.1) is 23.7 Å². The summed E-state index contributed by atoms with van der Waals surface area (Å²) < 4.78 is 5.91. The minimum atomic E-state index is -0.873. The van der Waals surface area contributed by atoms with E-state index in [1.807, 2.05) is 12.1 Å². The molecule has 1 spiro atoms. The number of methoxy groups -OCH3 is 1. The SMILES string of the molecule is COC1(c2cccc(O)c2)OOC12CCC1CC3CC2CC13. The standard InChI is InChI=1S/C18H22O4/c1-20-18(13-3-2-4-15(19)9-13)17(21-22-18)6-5-11-7-12-8-14(17)10-16(11)12/h2-4,9,11-12,14,16,19H,5-8,10H2,1H3. The van der Waals surface area contributed by atoms with Crippen LogP contribution in [0.25, 0.3) is 0 Å². The van der Waals surface area contributed by atoms with Gasteiger partial charge in [-0.2, -0.15) is 4.89 Å². The van der Waals surface area contributed by atoms with Crippen molar-refractivity contribution in [3.8, 4) is 5.75 Å². The largest absolute Gasteiger partial charge is 0.508 e. The lowest BCUT2D eigenvalue weighted by molar-refractivity contribution is -0.629. The third kappa shape index (κ3) is 1.39. The number of rotatable bonds is 2. The summed E-state index contributed by atoms with van der Waals surface area (Å²) in [4.78, 5) is 11.5. The molecule has 4 nitrogen and oxygen atoms in total. The number of benzene rings is 1. The number of hydrogen-bond donors (Lipinski definition) is 1. The summed E-state index contributed by atoms with van der Waals surface area (Å²) in [5.41, 5.74) is 0.470. The first-order valence-corrected chi connectivity index (χ1v) is 8.40. The summed E-state index contributed by atoms with van der Waals surface area (Å²) >= 11 is 0. The Morgan fingerprint density at radius 1 is 1.18 bits per heavy atom. The van der Waals surface area contributed by atoms with Gasteiger partial charge in [-0.15, -0.1) is 0 Å². The molecule has 0 radical (unpaired) electrons. The predicted molar refractivity (Wildman–Crippen MR) is 78.7 cm³/mol. The van der Waals surface area contributed by atoms with Crippen LogP contribution in [0.1, 0.15) is 37.7 Å². The van der Waals surface area contributed by atoms with Crippen LogP contribution >= 0.6 is 0 Å². The van der Waals surface area contributed by atoms with Crippen molar-refractivity contribution in [1.82, 2.24) is 0 Å². The van der Waals surface area contributed by atoms with E-state index in [-0.39, 0.29) is 5.75 Å². The maximum absolute atomic E-state index is 9.86. The molecular formula is C18H22O4. The van der Waals surface area contributed by atoms with E-state index in [0.717, 1.165) is 29.7 Å². The summed E-state index contributed by atoms with van der Waals surface area (Å²) in [5, 5.41) is 9.86. The van der Waals surface area contributed by atoms with E-state index in [1.54, 1.807) is 19.2 Å². The molecular weight excluding hydrogens is 280 g/mol. The molecule has 1 heterocycles. The van der Waals surface area contributed by atoms with Crippen molar-refractivity contribution >= 4 is 0 Å². The lowest BCUT2D eigenvalue weighted by atomic mass is 9.63. The number of fused-ring (bicyclic) bond motifs is 2. The monoisotopic (exact) mass is 302 g/mol. The molecule has 1 aromatic carbocycles. The van der Waals surface area contributed by atoms with Crippen LogP contribution in [0.5, 0.6) is 5.75 Å². The molecule has 5 rings (SSSR count). The van der Waals surface area contributed by atoms with Crippen LogP contribution in [-0.4, -0.2) is 17.8 Å². The van der Waals surface area contributed by atoms with E-state index in [1.165, 1.54) is 25.7 Å². The van der Waals surface area contributed by atoms with Gasteiger partial charge in [0.05, 0.1) is 0 Å². The molecule has 1 aromatic rings. The molecule has 22 heavy (non-hydrogen) atoms. The maximum atomic E-state index is 9.86. The van der Waals surface area contributed by atoms with E-state index in [4.69, 9.17) is 14.5 Å². The molecule has 4 aliphatic rings. The van der Waals surface area contributed by atoms with Gasteiger partial charge < -0.3 is 9.84 Å². The zero-order valence-corrected chi connectivity index (χ0v) is 12.8. The van der Waals surface area contributed by atoms with Crippen LogP contribution in [0.3, 0.4) is 0 Å². The van der Waals surface area contributed by atoms with Crippen molar-refractivity contribution in [2.24, 2.45) is 23.7 Å². The molecule has 4 fully saturated rings. The van der Waals surface area contributed by atoms with Crippen LogP contribution in [0.4, 0.5) is 0 Å². The van der Waals surface area contributed by atoms with Gasteiger partial charge in [0.15, 0.2) is 5.60 Å². The molecule has 3 saturated carbocycles. The normalized spacial score (nSPS) is 48.6. The Morgan fingerprint density at radius 2 is 2.09 bits per heavy atom. The molecule has 1 N–H and O–H groups in total. The second-order valence-electron chi connectivity index (χ2n) is 7.55. The van der Waals surface area contributed by atoms with Crippen LogP contribution in [0.15, 0.2) is 24.3 Å². The van der Waals surface area contributed by atoms with Gasteiger partial charge in [0, 0.05) is 12.7 Å². The van der Waals surface area contributed by atoms with Crippen molar-refractivity contribution in [2.45, 2.75) is 43.5 Å². The average molecular weight is 302 g/mol. The fourth-order valence-electron chi connectivity index (χ4n) is 5.79. The van der Waals surface area contributed by atoms with Crippen molar-refractivity contribution in [3.05, 3.63) is 29.8 Å². The number of ether oxygens (including phenoxy) is 1. The zero-order chi connectivity index (χ0) is 14.9. The van der Waals surface area contributed by atoms with Crippen LogP contribution in [0.2, 0.25) is 0 Å². The Hall–Kier alpha value is -1.10. The summed E-state index contributed by atoms with van der Waals surface area (Å²) in [6.07, 6.45) is 6.06. The first kappa shape index (κ1) is 13.3. The van der Waals surface area contributed by atoms with Gasteiger partial charge in [0.1, 0.15) is 5.75 Å². The van der Waals surface area contributed by atoms with E-state index >= 15 is 0 Å². The second-order valence-corrected chi connectivity index (χ2v) is 7.55. The van der Waals surface area contributed by atoms with Crippen molar-refractivity contribution in [2.75, 3.05) is 7.11 Å². The summed E-state index contributed by atoms with van der Waals surface area (Å²) in [5.74, 6) is 2.51. The molecule has 1 saturated heterocycles. The summed E-state index contributed by atoms with van der Waals surface area (Å²) in [7, 11) is 1.69. The van der Waals surface area contributed by atoms with Gasteiger partial charge in [0.25, 0.3) is 5.79 Å². The predicted octanol–water partition coefficient (Wildman–Crippen LogP) is 3.35. The van der Waals surface area contributed by atoms with Gasteiger partial charge in [-0.05, 0) is 67.9 Å². The lowest BCUT2D eigenvalue weighted by Gasteiger charge is -2.58. The minimum absolute atomic E-state index is 0.236. The fourth-order valence-corrected chi connectivity index (χ4v) is 5.79. The molecule has 118 valence electrons. The van der Waals surface area contributed by atoms with E-state index in [2.05, 4.69) is 0 Å². The second kappa shape index (κ2) is 4.25. The lowest BCUT2D eigenvalue weighted by Crippen LogP contribution is -2.68. The number of aromatic hydroxyl groups is 1. The van der Waals surface area contributed by atoms with Gasteiger partial charge >= 0.3 is 0 Å². The number of hydrogen-bond acceptors (Lipinski definition) is 4. The highest BCUT2D eigenvalue weighted by molar-refractivity contribution is 5.34. The molecule has 0 amide bonds. The topological polar surface area (TPSA) is 47.9 Å². The number of phenolic OH excluding ortho intramolecular Hbond substituents is 1. The van der Waals surface area contributed by atoms with Crippen molar-refractivity contribution in [3.63, 3.8) is 0 Å². The third-order valence-electron chi connectivity index (χ3n) is 6.88. The van der Waals surface area contributed by atoms with E-state index in [0.29, 0.717) is 5.92 Å². The Bertz CT molecular complexity index is 613. The maximum Gasteiger partial charge on any atom is 0.260 e. The molecule has 3 aliphatic carbocycles. The Kier molecular flexibility index (Phi) is 2.58. The smallest absolute Gasteiger partial charge is 0.260 e. The zero-order valence-electron chi connectivity index (χ0n) is 12.8. The third-order valence-corrected chi connectivity index (χ3v) is 6.88. The highest BCUT2D eigenvalue weighted by atomic mass is 17.3. The van der Waals surface area contributed by atoms with E-state index in [9.17, 15) is 5.11 Å². The van der Waals surface area contributed by atoms with Gasteiger partial charge in [-0.3, -0.25) is 0 Å². The van der Waals surface area contributed by atoms with Crippen molar-refractivity contribution in [1.29, 1.82) is 0 Å². The minimum Gasteiger partial charge on any atom is -0.508 e. The summed E-state index contributed by atoms with van der Waals surface area (Å²) in [6.45, 7) is 0. The molecule has 4 heteroatoms. The van der Waals surface area contributed by atoms with Gasteiger partial charge in [-0.1, -0.05) is 12.1 Å². The molecule has 1 aliphatic heterocycles. The Balaban J connectivity index is 1.59. The highest BCUT2D eigenvalue weighted by Gasteiger charge is 2.73. The van der Waals surface area contributed by atoms with E-state index < -0.39 is 11.4 Å². The molecule has 0 aromatic heterocycles. The van der Waals surface area contributed by atoms with Crippen molar-refractivity contribution < 1.29 is 19.6 Å². The van der Waals surface area contributed by atoms with Crippen LogP contribution in [-0.2, 0) is 20.3 Å². The quantitative estimate of drug-likeness (QED) is 0.851. The number of phenols is 1. The highest BCUT2D eigenvalue weighted by Crippen LogP contribution is 2.68. The molecule has 6 unspecified atom stereocenters. The molecule has 6 atom stereocenters. The average Bonchev–Trinajstić information content (AvgIpc) is 2.71. The summed E-state index contributed by atoms with van der Waals surface area (Å²) in [6, 6.07) is 7.22. The fraction of sp³-hybridized carbons (Fsp3) is 0.667. The Morgan fingerprint density at radius 3 is 2.82 bits per heavy atom.